The van der Waals surface area contributed by atoms with Gasteiger partial charge in [0.2, 0.25) is 0 Å². The molecule has 0 radical (unpaired) electrons. The fourth-order valence-corrected chi connectivity index (χ4v) is 3.54. The molecule has 2 aromatic heterocycles. The maximum atomic E-state index is 6.34. The van der Waals surface area contributed by atoms with Crippen LogP contribution in [0.15, 0.2) is 55.4 Å². The van der Waals surface area contributed by atoms with Crippen LogP contribution in [0.25, 0.3) is 28.1 Å². The van der Waals surface area contributed by atoms with Crippen LogP contribution in [0.3, 0.4) is 0 Å². The molecule has 138 valence electrons. The molecular formula is C19H15ClN8. The number of pyridine rings is 1. The zero-order valence-corrected chi connectivity index (χ0v) is 15.6. The molecule has 0 bridgehead atoms. The van der Waals surface area contributed by atoms with Gasteiger partial charge in [0.1, 0.15) is 17.8 Å². The lowest BCUT2D eigenvalue weighted by atomic mass is 10.1. The molecule has 28 heavy (non-hydrogen) atoms. The third-order valence-corrected chi connectivity index (χ3v) is 5.01. The number of imidazole rings is 1. The number of hydrogen-bond donors (Lipinski definition) is 1. The van der Waals surface area contributed by atoms with Crippen molar-refractivity contribution in [1.29, 1.82) is 0 Å². The largest absolute Gasteiger partial charge is 0.383 e. The number of fused-ring (bicyclic) bond motifs is 2. The van der Waals surface area contributed by atoms with E-state index in [1.807, 2.05) is 46.5 Å². The number of aromatic nitrogens is 7. The molecule has 4 heterocycles. The summed E-state index contributed by atoms with van der Waals surface area (Å²) in [5.74, 6) is 1.02. The molecule has 0 aliphatic carbocycles. The van der Waals surface area contributed by atoms with Crippen molar-refractivity contribution in [1.82, 2.24) is 34.3 Å². The van der Waals surface area contributed by atoms with E-state index in [4.69, 9.17) is 22.4 Å². The van der Waals surface area contributed by atoms with E-state index in [0.29, 0.717) is 22.4 Å². The first-order chi connectivity index (χ1) is 13.6. The summed E-state index contributed by atoms with van der Waals surface area (Å²) in [6.45, 7) is 2.02. The highest BCUT2D eigenvalue weighted by molar-refractivity contribution is 6.31. The van der Waals surface area contributed by atoms with Gasteiger partial charge in [-0.15, -0.1) is 0 Å². The zero-order valence-electron chi connectivity index (χ0n) is 14.9. The molecule has 0 amide bonds. The van der Waals surface area contributed by atoms with Crippen LogP contribution < -0.4 is 5.73 Å². The standard InChI is InChI=1S/C19H15ClN8/c1-11(27-10-25-19-17(18(27)21)23-9-24-19)16-14-5-4-12(20)7-15(14)28(26-16)13-3-2-6-22-8-13/h2-11H,21H2,1H3. The van der Waals surface area contributed by atoms with Crippen molar-refractivity contribution < 1.29 is 0 Å². The highest BCUT2D eigenvalue weighted by atomic mass is 35.5. The van der Waals surface area contributed by atoms with Crippen LogP contribution >= 0.6 is 11.6 Å². The summed E-state index contributed by atoms with van der Waals surface area (Å²) >= 11 is 6.25. The summed E-state index contributed by atoms with van der Waals surface area (Å²) in [7, 11) is 0. The zero-order chi connectivity index (χ0) is 19.3. The van der Waals surface area contributed by atoms with Crippen LogP contribution in [0.2, 0.25) is 5.02 Å². The summed E-state index contributed by atoms with van der Waals surface area (Å²) in [6, 6.07) is 9.35. The molecule has 5 rings (SSSR count). The second kappa shape index (κ2) is 6.28. The smallest absolute Gasteiger partial charge is 0.184 e. The molecule has 1 atom stereocenters. The Hall–Kier alpha value is -3.52. The quantitative estimate of drug-likeness (QED) is 0.507. The Labute approximate surface area is 165 Å². The van der Waals surface area contributed by atoms with Crippen molar-refractivity contribution >= 4 is 28.3 Å². The first-order valence-electron chi connectivity index (χ1n) is 8.65. The summed E-state index contributed by atoms with van der Waals surface area (Å²) in [5, 5.41) is 6.48. The monoisotopic (exact) mass is 390 g/mol. The van der Waals surface area contributed by atoms with Gasteiger partial charge >= 0.3 is 0 Å². The molecule has 0 saturated carbocycles. The number of nitrogens with two attached hydrogens (primary N) is 1. The summed E-state index contributed by atoms with van der Waals surface area (Å²) < 4.78 is 3.69. The fourth-order valence-electron chi connectivity index (χ4n) is 3.37. The van der Waals surface area contributed by atoms with Gasteiger partial charge in [-0.3, -0.25) is 4.98 Å². The van der Waals surface area contributed by atoms with Gasteiger partial charge in [-0.1, -0.05) is 11.6 Å². The van der Waals surface area contributed by atoms with Crippen LogP contribution in [0.5, 0.6) is 0 Å². The molecule has 2 aliphatic rings. The van der Waals surface area contributed by atoms with E-state index in [0.717, 1.165) is 22.3 Å². The second-order valence-corrected chi connectivity index (χ2v) is 6.87. The third kappa shape index (κ3) is 2.49. The minimum absolute atomic E-state index is 0.185. The lowest BCUT2D eigenvalue weighted by molar-refractivity contribution is 0.609. The van der Waals surface area contributed by atoms with E-state index < -0.39 is 0 Å². The Morgan fingerprint density at radius 3 is 2.86 bits per heavy atom. The van der Waals surface area contributed by atoms with Gasteiger partial charge in [0.05, 0.1) is 35.5 Å². The average Bonchev–Trinajstić information content (AvgIpc) is 3.33. The van der Waals surface area contributed by atoms with Crippen molar-refractivity contribution in [2.24, 2.45) is 0 Å². The van der Waals surface area contributed by atoms with Crippen molar-refractivity contribution in [3.63, 3.8) is 0 Å². The molecule has 2 N–H and O–H groups in total. The lowest BCUT2D eigenvalue weighted by Crippen LogP contribution is -2.15. The Balaban J connectivity index is 1.73. The summed E-state index contributed by atoms with van der Waals surface area (Å²) in [6.07, 6.45) is 6.61. The molecule has 9 heteroatoms. The van der Waals surface area contributed by atoms with Crippen LogP contribution in [0, 0.1) is 0 Å². The number of anilines is 1. The number of rotatable bonds is 3. The highest BCUT2D eigenvalue weighted by Gasteiger charge is 2.22. The van der Waals surface area contributed by atoms with Gasteiger partial charge in [0, 0.05) is 16.6 Å². The third-order valence-electron chi connectivity index (χ3n) is 4.78. The van der Waals surface area contributed by atoms with Crippen molar-refractivity contribution in [3.8, 4) is 17.2 Å². The number of nitrogen functional groups attached to an aromatic ring is 1. The van der Waals surface area contributed by atoms with Crippen LogP contribution in [0.4, 0.5) is 5.82 Å². The van der Waals surface area contributed by atoms with Gasteiger partial charge in [0.25, 0.3) is 0 Å². The number of halogens is 1. The van der Waals surface area contributed by atoms with Gasteiger partial charge < -0.3 is 10.3 Å². The van der Waals surface area contributed by atoms with Gasteiger partial charge in [-0.25, -0.2) is 19.6 Å². The molecule has 0 fully saturated rings. The number of nitrogens with zero attached hydrogens (tertiary/aromatic N) is 7. The van der Waals surface area contributed by atoms with Crippen molar-refractivity contribution in [2.45, 2.75) is 13.0 Å². The first-order valence-corrected chi connectivity index (χ1v) is 9.03. The van der Waals surface area contributed by atoms with E-state index in [9.17, 15) is 0 Å². The number of benzene rings is 1. The molecule has 0 saturated heterocycles. The van der Waals surface area contributed by atoms with Gasteiger partial charge in [-0.05, 0) is 37.3 Å². The molecular weight excluding hydrogens is 376 g/mol. The van der Waals surface area contributed by atoms with Crippen LogP contribution in [-0.2, 0) is 0 Å². The van der Waals surface area contributed by atoms with E-state index in [2.05, 4.69) is 19.9 Å². The minimum Gasteiger partial charge on any atom is -0.383 e. The second-order valence-electron chi connectivity index (χ2n) is 6.43. The van der Waals surface area contributed by atoms with Crippen LogP contribution in [-0.4, -0.2) is 34.3 Å². The van der Waals surface area contributed by atoms with Crippen molar-refractivity contribution in [2.75, 3.05) is 5.73 Å². The van der Waals surface area contributed by atoms with Crippen LogP contribution in [0.1, 0.15) is 18.7 Å². The normalized spacial score (nSPS) is 12.6. The minimum atomic E-state index is -0.185. The van der Waals surface area contributed by atoms with Crippen molar-refractivity contribution in [3.05, 3.63) is 66.1 Å². The topological polar surface area (TPSA) is 100 Å². The molecule has 3 aromatic rings. The lowest BCUT2D eigenvalue weighted by Gasteiger charge is -2.18. The average molecular weight is 391 g/mol. The predicted molar refractivity (Wildman–Crippen MR) is 107 cm³/mol. The van der Waals surface area contributed by atoms with E-state index >= 15 is 0 Å². The summed E-state index contributed by atoms with van der Waals surface area (Å²) in [4.78, 5) is 16.9. The molecule has 8 nitrogen and oxygen atoms in total. The van der Waals surface area contributed by atoms with E-state index in [-0.39, 0.29) is 6.04 Å². The molecule has 1 unspecified atom stereocenters. The van der Waals surface area contributed by atoms with Gasteiger partial charge in [-0.2, -0.15) is 5.10 Å². The Kier molecular flexibility index (Phi) is 3.73. The Morgan fingerprint density at radius 2 is 2.04 bits per heavy atom. The summed E-state index contributed by atoms with van der Waals surface area (Å²) in [5.41, 5.74) is 9.50. The predicted octanol–water partition coefficient (Wildman–Crippen LogP) is 3.36. The Morgan fingerprint density at radius 1 is 1.14 bits per heavy atom. The SMILES string of the molecule is CC(c1nn(-c2cccnc2)c2cc(Cl)ccc12)n1cnc2ncnc-2c1N. The maximum Gasteiger partial charge on any atom is 0.184 e. The molecule has 1 aromatic carbocycles. The first kappa shape index (κ1) is 16.6. The number of hydrogen-bond acceptors (Lipinski definition) is 6. The van der Waals surface area contributed by atoms with Gasteiger partial charge in [0.15, 0.2) is 5.82 Å². The Bertz CT molecular complexity index is 1260. The molecule has 2 aliphatic heterocycles. The maximum absolute atomic E-state index is 6.34. The highest BCUT2D eigenvalue weighted by Crippen LogP contribution is 2.32. The molecule has 0 spiro atoms. The van der Waals surface area contributed by atoms with E-state index in [1.54, 1.807) is 18.7 Å². The van der Waals surface area contributed by atoms with E-state index in [1.165, 1.54) is 6.33 Å². The fraction of sp³-hybridized carbons (Fsp3) is 0.105.